The van der Waals surface area contributed by atoms with E-state index in [1.807, 2.05) is 30.3 Å². The van der Waals surface area contributed by atoms with Crippen molar-refractivity contribution in [3.63, 3.8) is 0 Å². The molecule has 0 spiro atoms. The SMILES string of the molecule is Clc1cc(Oc2ncnc3ccc4c(c23)OCCN4)ccc1OCc1ccccn1. The predicted octanol–water partition coefficient (Wildman–Crippen LogP) is 4.85. The zero-order chi connectivity index (χ0) is 20.3. The van der Waals surface area contributed by atoms with E-state index in [9.17, 15) is 0 Å². The van der Waals surface area contributed by atoms with E-state index in [1.54, 1.807) is 24.4 Å². The van der Waals surface area contributed by atoms with Gasteiger partial charge in [-0.25, -0.2) is 9.97 Å². The summed E-state index contributed by atoms with van der Waals surface area (Å²) in [5.41, 5.74) is 2.45. The third-order valence-corrected chi connectivity index (χ3v) is 4.90. The molecule has 5 rings (SSSR count). The third kappa shape index (κ3) is 3.67. The summed E-state index contributed by atoms with van der Waals surface area (Å²) in [5.74, 6) is 2.17. The van der Waals surface area contributed by atoms with Crippen molar-refractivity contribution in [3.05, 3.63) is 71.8 Å². The minimum atomic E-state index is 0.327. The highest BCUT2D eigenvalue weighted by atomic mass is 35.5. The average molecular weight is 421 g/mol. The fourth-order valence-electron chi connectivity index (χ4n) is 3.21. The number of aromatic nitrogens is 3. The topological polar surface area (TPSA) is 78.4 Å². The first-order valence-electron chi connectivity index (χ1n) is 9.42. The highest BCUT2D eigenvalue weighted by Crippen LogP contribution is 2.41. The van der Waals surface area contributed by atoms with Crippen molar-refractivity contribution in [1.29, 1.82) is 0 Å². The molecule has 0 saturated heterocycles. The van der Waals surface area contributed by atoms with Crippen LogP contribution < -0.4 is 19.5 Å². The van der Waals surface area contributed by atoms with Gasteiger partial charge in [0, 0.05) is 18.8 Å². The van der Waals surface area contributed by atoms with Crippen LogP contribution in [0.15, 0.2) is 61.1 Å². The van der Waals surface area contributed by atoms with Crippen LogP contribution in [0.3, 0.4) is 0 Å². The molecule has 0 aliphatic carbocycles. The van der Waals surface area contributed by atoms with Crippen LogP contribution >= 0.6 is 11.6 Å². The number of benzene rings is 2. The Labute approximate surface area is 177 Å². The van der Waals surface area contributed by atoms with E-state index in [0.717, 1.165) is 23.4 Å². The van der Waals surface area contributed by atoms with Gasteiger partial charge in [-0.15, -0.1) is 0 Å². The maximum absolute atomic E-state index is 6.40. The quantitative estimate of drug-likeness (QED) is 0.494. The van der Waals surface area contributed by atoms with E-state index in [-0.39, 0.29) is 0 Å². The highest BCUT2D eigenvalue weighted by Gasteiger charge is 2.19. The standard InChI is InChI=1S/C22H17ClN4O3/c23-16-11-15(4-7-19(16)29-12-14-3-1-2-8-24-14)30-22-20-17(26-13-27-22)5-6-18-21(20)28-10-9-25-18/h1-8,11,13,25H,9-10,12H2. The number of hydrogen-bond acceptors (Lipinski definition) is 7. The molecule has 30 heavy (non-hydrogen) atoms. The van der Waals surface area contributed by atoms with Crippen LogP contribution in [0, 0.1) is 0 Å². The summed E-state index contributed by atoms with van der Waals surface area (Å²) in [6.07, 6.45) is 3.19. The van der Waals surface area contributed by atoms with Crippen molar-refractivity contribution in [2.75, 3.05) is 18.5 Å². The zero-order valence-corrected chi connectivity index (χ0v) is 16.6. The van der Waals surface area contributed by atoms with Crippen molar-refractivity contribution < 1.29 is 14.2 Å². The normalized spacial score (nSPS) is 12.6. The number of halogens is 1. The summed E-state index contributed by atoms with van der Waals surface area (Å²) in [5, 5.41) is 4.46. The molecular formula is C22H17ClN4O3. The molecule has 0 atom stereocenters. The Balaban J connectivity index is 1.41. The Morgan fingerprint density at radius 3 is 2.90 bits per heavy atom. The highest BCUT2D eigenvalue weighted by molar-refractivity contribution is 6.32. The maximum atomic E-state index is 6.40. The first kappa shape index (κ1) is 18.4. The molecule has 3 heterocycles. The lowest BCUT2D eigenvalue weighted by Gasteiger charge is -2.21. The lowest BCUT2D eigenvalue weighted by molar-refractivity contribution is 0.301. The number of anilines is 1. The molecule has 1 N–H and O–H groups in total. The summed E-state index contributed by atoms with van der Waals surface area (Å²) in [7, 11) is 0. The summed E-state index contributed by atoms with van der Waals surface area (Å²) in [6.45, 7) is 1.64. The zero-order valence-electron chi connectivity index (χ0n) is 15.8. The lowest BCUT2D eigenvalue weighted by Crippen LogP contribution is -2.18. The molecule has 2 aromatic carbocycles. The van der Waals surface area contributed by atoms with Gasteiger partial charge in [0.05, 0.1) is 21.9 Å². The van der Waals surface area contributed by atoms with Crippen molar-refractivity contribution in [1.82, 2.24) is 15.0 Å². The molecule has 1 aliphatic heterocycles. The molecule has 0 saturated carbocycles. The number of ether oxygens (including phenoxy) is 3. The van der Waals surface area contributed by atoms with E-state index >= 15 is 0 Å². The number of pyridine rings is 1. The Bertz CT molecular complexity index is 1200. The van der Waals surface area contributed by atoms with Crippen molar-refractivity contribution in [2.24, 2.45) is 0 Å². The number of nitrogens with one attached hydrogen (secondary N) is 1. The molecule has 1 aliphatic rings. The molecule has 4 aromatic rings. The maximum Gasteiger partial charge on any atom is 0.234 e. The monoisotopic (exact) mass is 420 g/mol. The molecule has 7 nitrogen and oxygen atoms in total. The minimum Gasteiger partial charge on any atom is -0.489 e. The first-order valence-corrected chi connectivity index (χ1v) is 9.80. The summed E-state index contributed by atoms with van der Waals surface area (Å²) < 4.78 is 17.7. The average Bonchev–Trinajstić information content (AvgIpc) is 2.79. The van der Waals surface area contributed by atoms with E-state index in [1.165, 1.54) is 6.33 Å². The van der Waals surface area contributed by atoms with Gasteiger partial charge in [-0.05, 0) is 36.4 Å². The van der Waals surface area contributed by atoms with Crippen molar-refractivity contribution >= 4 is 28.2 Å². The Morgan fingerprint density at radius 2 is 2.03 bits per heavy atom. The van der Waals surface area contributed by atoms with E-state index < -0.39 is 0 Å². The van der Waals surface area contributed by atoms with Gasteiger partial charge >= 0.3 is 0 Å². The second-order valence-corrected chi connectivity index (χ2v) is 7.00. The summed E-state index contributed by atoms with van der Waals surface area (Å²) in [6, 6.07) is 14.7. The van der Waals surface area contributed by atoms with E-state index in [0.29, 0.717) is 46.8 Å². The smallest absolute Gasteiger partial charge is 0.234 e. The van der Waals surface area contributed by atoms with Gasteiger partial charge in [0.2, 0.25) is 5.88 Å². The number of rotatable bonds is 5. The molecule has 0 bridgehead atoms. The van der Waals surface area contributed by atoms with Crippen LogP contribution in [0.2, 0.25) is 5.02 Å². The van der Waals surface area contributed by atoms with Crippen LogP contribution in [0.25, 0.3) is 10.9 Å². The molecule has 150 valence electrons. The third-order valence-electron chi connectivity index (χ3n) is 4.60. The minimum absolute atomic E-state index is 0.327. The molecule has 0 fully saturated rings. The number of hydrogen-bond donors (Lipinski definition) is 1. The fourth-order valence-corrected chi connectivity index (χ4v) is 3.43. The lowest BCUT2D eigenvalue weighted by atomic mass is 10.1. The summed E-state index contributed by atoms with van der Waals surface area (Å²) >= 11 is 6.40. The number of fused-ring (bicyclic) bond motifs is 3. The van der Waals surface area contributed by atoms with Crippen molar-refractivity contribution in [3.8, 4) is 23.1 Å². The largest absolute Gasteiger partial charge is 0.489 e. The van der Waals surface area contributed by atoms with Gasteiger partial charge in [-0.1, -0.05) is 17.7 Å². The van der Waals surface area contributed by atoms with Crippen LogP contribution in [0.1, 0.15) is 5.69 Å². The Hall–Kier alpha value is -3.58. The molecule has 8 heteroatoms. The number of nitrogens with zero attached hydrogens (tertiary/aromatic N) is 3. The Morgan fingerprint density at radius 1 is 1.07 bits per heavy atom. The van der Waals surface area contributed by atoms with Crippen molar-refractivity contribution in [2.45, 2.75) is 6.61 Å². The molecular weight excluding hydrogens is 404 g/mol. The molecule has 0 unspecified atom stereocenters. The van der Waals surface area contributed by atoms with Crippen LogP contribution in [0.4, 0.5) is 5.69 Å². The van der Waals surface area contributed by atoms with Crippen LogP contribution in [-0.4, -0.2) is 28.1 Å². The molecule has 2 aromatic heterocycles. The van der Waals surface area contributed by atoms with Gasteiger partial charge in [0.15, 0.2) is 5.75 Å². The van der Waals surface area contributed by atoms with Crippen LogP contribution in [0.5, 0.6) is 23.1 Å². The molecule has 0 amide bonds. The van der Waals surface area contributed by atoms with Crippen LogP contribution in [-0.2, 0) is 6.61 Å². The van der Waals surface area contributed by atoms with Gasteiger partial charge in [0.1, 0.15) is 36.4 Å². The van der Waals surface area contributed by atoms with Gasteiger partial charge in [0.25, 0.3) is 0 Å². The van der Waals surface area contributed by atoms with E-state index in [2.05, 4.69) is 20.3 Å². The molecule has 0 radical (unpaired) electrons. The first-order chi connectivity index (χ1) is 14.8. The van der Waals surface area contributed by atoms with Gasteiger partial charge in [-0.3, -0.25) is 4.98 Å². The van der Waals surface area contributed by atoms with Gasteiger partial charge in [-0.2, -0.15) is 0 Å². The summed E-state index contributed by atoms with van der Waals surface area (Å²) in [4.78, 5) is 12.9. The second kappa shape index (κ2) is 8.04. The Kier molecular flexibility index (Phi) is 4.94. The van der Waals surface area contributed by atoms with Gasteiger partial charge < -0.3 is 19.5 Å². The van der Waals surface area contributed by atoms with E-state index in [4.69, 9.17) is 25.8 Å². The second-order valence-electron chi connectivity index (χ2n) is 6.59. The predicted molar refractivity (Wildman–Crippen MR) is 114 cm³/mol. The fraction of sp³-hybridized carbons (Fsp3) is 0.136.